The number of nitrogens with one attached hydrogen (secondary N) is 1. The van der Waals surface area contributed by atoms with Crippen LogP contribution in [0.5, 0.6) is 5.75 Å². The molecule has 2 N–H and O–H groups in total. The smallest absolute Gasteiger partial charge is 0.345 e. The summed E-state index contributed by atoms with van der Waals surface area (Å²) in [6, 6.07) is 10.0. The molecule has 2 aromatic rings. The Morgan fingerprint density at radius 3 is 2.67 bits per heavy atom. The van der Waals surface area contributed by atoms with Crippen LogP contribution in [0.3, 0.4) is 0 Å². The molecule has 0 saturated carbocycles. The van der Waals surface area contributed by atoms with Gasteiger partial charge in [0.2, 0.25) is 5.91 Å². The third-order valence-corrected chi connectivity index (χ3v) is 3.80. The van der Waals surface area contributed by atoms with E-state index >= 15 is 0 Å². The molecule has 0 radical (unpaired) electrons. The van der Waals surface area contributed by atoms with Crippen molar-refractivity contribution in [1.82, 2.24) is 0 Å². The van der Waals surface area contributed by atoms with Gasteiger partial charge in [0, 0.05) is 0 Å². The average Bonchev–Trinajstić information content (AvgIpc) is 2.89. The molecule has 0 saturated heterocycles. The summed E-state index contributed by atoms with van der Waals surface area (Å²) in [5, 5.41) is 12.4. The number of carboxylic acid groups (broad SMARTS) is 1. The van der Waals surface area contributed by atoms with E-state index in [1.165, 1.54) is 6.07 Å². The number of carboxylic acids is 1. The van der Waals surface area contributed by atoms with Crippen LogP contribution in [0.4, 0.5) is 5.00 Å². The number of anilines is 1. The Kier molecular flexibility index (Phi) is 5.19. The summed E-state index contributed by atoms with van der Waals surface area (Å²) in [4.78, 5) is 22.6. The van der Waals surface area contributed by atoms with E-state index in [1.54, 1.807) is 30.3 Å². The molecule has 110 valence electrons. The largest absolute Gasteiger partial charge is 0.491 e. The Morgan fingerprint density at radius 2 is 2.00 bits per heavy atom. The van der Waals surface area contributed by atoms with Gasteiger partial charge < -0.3 is 15.2 Å². The highest BCUT2D eigenvalue weighted by Gasteiger charge is 2.09. The predicted molar refractivity (Wildman–Crippen MR) is 81.5 cm³/mol. The SMILES string of the molecule is O=C(CCOc1ccccc1Cl)Nc1ccc(C(=O)O)s1. The number of amides is 1. The third kappa shape index (κ3) is 4.47. The van der Waals surface area contributed by atoms with Gasteiger partial charge in [0.25, 0.3) is 0 Å². The van der Waals surface area contributed by atoms with E-state index in [-0.39, 0.29) is 23.8 Å². The van der Waals surface area contributed by atoms with Crippen molar-refractivity contribution in [3.8, 4) is 5.75 Å². The van der Waals surface area contributed by atoms with Crippen molar-refractivity contribution in [2.75, 3.05) is 11.9 Å². The Morgan fingerprint density at radius 1 is 1.24 bits per heavy atom. The number of para-hydroxylation sites is 1. The normalized spacial score (nSPS) is 10.1. The minimum Gasteiger partial charge on any atom is -0.491 e. The lowest BCUT2D eigenvalue weighted by Gasteiger charge is -2.07. The number of hydrogen-bond acceptors (Lipinski definition) is 4. The van der Waals surface area contributed by atoms with E-state index in [9.17, 15) is 9.59 Å². The molecule has 5 nitrogen and oxygen atoms in total. The molecule has 1 aromatic carbocycles. The second-order valence-electron chi connectivity index (χ2n) is 4.05. The molecular formula is C14H12ClNO4S. The Balaban J connectivity index is 1.79. The molecule has 21 heavy (non-hydrogen) atoms. The number of aromatic carboxylic acids is 1. The van der Waals surface area contributed by atoms with Gasteiger partial charge in [-0.15, -0.1) is 11.3 Å². The Hall–Kier alpha value is -2.05. The van der Waals surface area contributed by atoms with Crippen molar-refractivity contribution in [3.05, 3.63) is 46.3 Å². The zero-order valence-electron chi connectivity index (χ0n) is 10.8. The fourth-order valence-electron chi connectivity index (χ4n) is 1.54. The molecule has 1 amide bonds. The second kappa shape index (κ2) is 7.10. The van der Waals surface area contributed by atoms with Crippen molar-refractivity contribution in [2.45, 2.75) is 6.42 Å². The molecular weight excluding hydrogens is 314 g/mol. The van der Waals surface area contributed by atoms with Crippen molar-refractivity contribution in [3.63, 3.8) is 0 Å². The lowest BCUT2D eigenvalue weighted by molar-refractivity contribution is -0.116. The number of rotatable bonds is 6. The van der Waals surface area contributed by atoms with Crippen LogP contribution in [0.25, 0.3) is 0 Å². The van der Waals surface area contributed by atoms with Crippen LogP contribution in [-0.4, -0.2) is 23.6 Å². The first-order valence-electron chi connectivity index (χ1n) is 6.06. The van der Waals surface area contributed by atoms with Gasteiger partial charge in [0.05, 0.1) is 23.1 Å². The molecule has 0 unspecified atom stereocenters. The fraction of sp³-hybridized carbons (Fsp3) is 0.143. The van der Waals surface area contributed by atoms with E-state index in [0.29, 0.717) is 15.8 Å². The highest BCUT2D eigenvalue weighted by atomic mass is 35.5. The van der Waals surface area contributed by atoms with E-state index in [1.807, 2.05) is 0 Å². The lowest BCUT2D eigenvalue weighted by atomic mass is 10.3. The number of carbonyl (C=O) groups is 2. The average molecular weight is 326 g/mol. The van der Waals surface area contributed by atoms with E-state index in [4.69, 9.17) is 21.4 Å². The summed E-state index contributed by atoms with van der Waals surface area (Å²) >= 11 is 6.93. The third-order valence-electron chi connectivity index (χ3n) is 2.50. The number of carbonyl (C=O) groups excluding carboxylic acids is 1. The molecule has 2 rings (SSSR count). The van der Waals surface area contributed by atoms with Gasteiger partial charge in [-0.1, -0.05) is 23.7 Å². The second-order valence-corrected chi connectivity index (χ2v) is 5.54. The van der Waals surface area contributed by atoms with Crippen molar-refractivity contribution in [2.24, 2.45) is 0 Å². The predicted octanol–water partition coefficient (Wildman–Crippen LogP) is 3.51. The van der Waals surface area contributed by atoms with E-state index in [0.717, 1.165) is 11.3 Å². The molecule has 0 aliphatic heterocycles. The standard InChI is InChI=1S/C14H12ClNO4S/c15-9-3-1-2-4-10(9)20-8-7-12(17)16-13-6-5-11(21-13)14(18)19/h1-6H,7-8H2,(H,16,17)(H,18,19). The van der Waals surface area contributed by atoms with Crippen LogP contribution in [0.15, 0.2) is 36.4 Å². The minimum atomic E-state index is -1.01. The lowest BCUT2D eigenvalue weighted by Crippen LogP contribution is -2.14. The summed E-state index contributed by atoms with van der Waals surface area (Å²) in [5.74, 6) is -0.736. The molecule has 0 bridgehead atoms. The number of halogens is 1. The molecule has 1 aromatic heterocycles. The van der Waals surface area contributed by atoms with E-state index < -0.39 is 5.97 Å². The molecule has 0 spiro atoms. The molecule has 0 atom stereocenters. The van der Waals surface area contributed by atoms with Crippen LogP contribution in [0.2, 0.25) is 5.02 Å². The van der Waals surface area contributed by atoms with Crippen LogP contribution < -0.4 is 10.1 Å². The first-order valence-corrected chi connectivity index (χ1v) is 7.26. The van der Waals surface area contributed by atoms with Crippen LogP contribution in [0, 0.1) is 0 Å². The number of thiophene rings is 1. The molecule has 1 heterocycles. The highest BCUT2D eigenvalue weighted by Crippen LogP contribution is 2.24. The maximum atomic E-state index is 11.7. The van der Waals surface area contributed by atoms with Gasteiger partial charge in [-0.25, -0.2) is 4.79 Å². The van der Waals surface area contributed by atoms with Crippen molar-refractivity contribution >= 4 is 39.8 Å². The van der Waals surface area contributed by atoms with E-state index in [2.05, 4.69) is 5.32 Å². The highest BCUT2D eigenvalue weighted by molar-refractivity contribution is 7.18. The molecule has 0 fully saturated rings. The molecule has 0 aliphatic rings. The maximum Gasteiger partial charge on any atom is 0.345 e. The van der Waals surface area contributed by atoms with Gasteiger partial charge in [-0.2, -0.15) is 0 Å². The zero-order chi connectivity index (χ0) is 15.2. The van der Waals surface area contributed by atoms with Gasteiger partial charge in [0.15, 0.2) is 0 Å². The Bertz CT molecular complexity index is 656. The Labute approximate surface area is 130 Å². The van der Waals surface area contributed by atoms with Crippen LogP contribution >= 0.6 is 22.9 Å². The van der Waals surface area contributed by atoms with Gasteiger partial charge in [0.1, 0.15) is 10.6 Å². The van der Waals surface area contributed by atoms with Crippen LogP contribution in [-0.2, 0) is 4.79 Å². The van der Waals surface area contributed by atoms with Gasteiger partial charge in [-0.05, 0) is 24.3 Å². The summed E-state index contributed by atoms with van der Waals surface area (Å²) in [6.07, 6.45) is 0.144. The van der Waals surface area contributed by atoms with Crippen molar-refractivity contribution < 1.29 is 19.4 Å². The maximum absolute atomic E-state index is 11.7. The first-order chi connectivity index (χ1) is 10.1. The monoisotopic (exact) mass is 325 g/mol. The summed E-state index contributed by atoms with van der Waals surface area (Å²) < 4.78 is 5.41. The molecule has 7 heteroatoms. The summed E-state index contributed by atoms with van der Waals surface area (Å²) in [7, 11) is 0. The number of ether oxygens (including phenoxy) is 1. The van der Waals surface area contributed by atoms with Crippen molar-refractivity contribution in [1.29, 1.82) is 0 Å². The number of hydrogen-bond donors (Lipinski definition) is 2. The summed E-state index contributed by atoms with van der Waals surface area (Å²) in [6.45, 7) is 0.187. The quantitative estimate of drug-likeness (QED) is 0.852. The van der Waals surface area contributed by atoms with Crippen LogP contribution in [0.1, 0.15) is 16.1 Å². The topological polar surface area (TPSA) is 75.6 Å². The molecule has 0 aliphatic carbocycles. The number of benzene rings is 1. The zero-order valence-corrected chi connectivity index (χ0v) is 12.4. The first kappa shape index (κ1) is 15.3. The van der Waals surface area contributed by atoms with Gasteiger partial charge >= 0.3 is 5.97 Å². The summed E-state index contributed by atoms with van der Waals surface area (Å²) in [5.41, 5.74) is 0. The fourth-order valence-corrected chi connectivity index (χ4v) is 2.49. The minimum absolute atomic E-state index is 0.144. The van der Waals surface area contributed by atoms with Gasteiger partial charge in [-0.3, -0.25) is 4.79 Å².